The molecule has 7 nitrogen and oxygen atoms in total. The molecule has 1 saturated carbocycles. The number of hydrogen-bond acceptors (Lipinski definition) is 6. The lowest BCUT2D eigenvalue weighted by Crippen LogP contribution is -2.11. The van der Waals surface area contributed by atoms with Crippen LogP contribution in [-0.2, 0) is 23.1 Å². The summed E-state index contributed by atoms with van der Waals surface area (Å²) in [5.74, 6) is -4.03. The number of sulfone groups is 1. The predicted molar refractivity (Wildman–Crippen MR) is 103 cm³/mol. The van der Waals surface area contributed by atoms with Gasteiger partial charge in [-0.15, -0.1) is 0 Å². The normalized spacial score (nSPS) is 18.2. The van der Waals surface area contributed by atoms with Crippen molar-refractivity contribution in [3.63, 3.8) is 0 Å². The highest BCUT2D eigenvalue weighted by Gasteiger charge is 2.57. The monoisotopic (exact) mass is 476 g/mol. The molecule has 0 saturated heterocycles. The molecule has 3 aromatic rings. The molecule has 3 heterocycles. The number of pyridine rings is 2. The number of hydrogen-bond donors (Lipinski definition) is 0. The number of fused-ring (bicyclic) bond motifs is 1. The largest absolute Gasteiger partial charge is 0.491 e. The Kier molecular flexibility index (Phi) is 5.14. The fraction of sp³-hybridized carbons (Fsp3) is 0.421. The molecule has 0 N–H and O–H groups in total. The van der Waals surface area contributed by atoms with Gasteiger partial charge >= 0.3 is 6.18 Å². The van der Waals surface area contributed by atoms with Gasteiger partial charge in [0.15, 0.2) is 15.7 Å². The summed E-state index contributed by atoms with van der Waals surface area (Å²) in [6.45, 7) is 1.11. The molecular weight excluding hydrogens is 459 g/mol. The average Bonchev–Trinajstić information content (AvgIpc) is 3.21. The second kappa shape index (κ2) is 7.36. The fourth-order valence-electron chi connectivity index (χ4n) is 3.17. The molecule has 3 aromatic heterocycles. The van der Waals surface area contributed by atoms with Crippen molar-refractivity contribution in [2.75, 3.05) is 12.4 Å². The van der Waals surface area contributed by atoms with Crippen LogP contribution < -0.4 is 4.74 Å². The average molecular weight is 476 g/mol. The molecule has 0 aliphatic heterocycles. The van der Waals surface area contributed by atoms with Gasteiger partial charge in [-0.3, -0.25) is 0 Å². The number of nitrogens with zero attached hydrogens (tertiary/aromatic N) is 4. The zero-order chi connectivity index (χ0) is 23.5. The van der Waals surface area contributed by atoms with E-state index in [0.717, 1.165) is 12.3 Å². The van der Waals surface area contributed by atoms with Crippen LogP contribution in [0.25, 0.3) is 22.6 Å². The molecule has 0 amide bonds. The third-order valence-electron chi connectivity index (χ3n) is 5.22. The van der Waals surface area contributed by atoms with E-state index < -0.39 is 33.5 Å². The van der Waals surface area contributed by atoms with Gasteiger partial charge < -0.3 is 9.30 Å². The Morgan fingerprint density at radius 1 is 1.22 bits per heavy atom. The number of alkyl halides is 5. The van der Waals surface area contributed by atoms with Gasteiger partial charge in [0, 0.05) is 19.5 Å². The standard InChI is InChI=1S/C19H17F5N4O3S/c1-3-32(29,30)14-4-11(31-9-10-6-18(10,20)21)7-26-16(14)17-27-12-5-15(19(22,23)24)25-8-13(12)28(17)2/h4-5,7-8,10H,3,6,9H2,1-2H3. The van der Waals surface area contributed by atoms with Gasteiger partial charge in [0.1, 0.15) is 22.0 Å². The predicted octanol–water partition coefficient (Wildman–Crippen LogP) is 3.88. The smallest absolute Gasteiger partial charge is 0.433 e. The lowest BCUT2D eigenvalue weighted by atomic mass is 10.3. The second-order valence-electron chi connectivity index (χ2n) is 7.44. The summed E-state index contributed by atoms with van der Waals surface area (Å²) in [4.78, 5) is 11.4. The van der Waals surface area contributed by atoms with E-state index in [4.69, 9.17) is 4.74 Å². The van der Waals surface area contributed by atoms with Crippen molar-refractivity contribution in [3.05, 3.63) is 30.2 Å². The van der Waals surface area contributed by atoms with Crippen molar-refractivity contribution in [3.8, 4) is 17.3 Å². The fourth-order valence-corrected chi connectivity index (χ4v) is 4.21. The molecule has 1 aliphatic rings. The van der Waals surface area contributed by atoms with Gasteiger partial charge in [-0.1, -0.05) is 6.92 Å². The number of imidazole rings is 1. The molecule has 0 radical (unpaired) electrons. The molecule has 4 rings (SSSR count). The quantitative estimate of drug-likeness (QED) is 0.502. The Morgan fingerprint density at radius 2 is 1.91 bits per heavy atom. The van der Waals surface area contributed by atoms with Crippen LogP contribution in [0.3, 0.4) is 0 Å². The van der Waals surface area contributed by atoms with Crippen LogP contribution in [0.4, 0.5) is 22.0 Å². The van der Waals surface area contributed by atoms with E-state index in [0.29, 0.717) is 0 Å². The summed E-state index contributed by atoms with van der Waals surface area (Å²) in [6.07, 6.45) is -2.80. The summed E-state index contributed by atoms with van der Waals surface area (Å²) >= 11 is 0. The highest BCUT2D eigenvalue weighted by molar-refractivity contribution is 7.91. The van der Waals surface area contributed by atoms with Crippen LogP contribution in [0.15, 0.2) is 29.4 Å². The van der Waals surface area contributed by atoms with E-state index >= 15 is 0 Å². The van der Waals surface area contributed by atoms with Crippen LogP contribution in [0.1, 0.15) is 19.0 Å². The van der Waals surface area contributed by atoms with Crippen LogP contribution in [0.5, 0.6) is 5.75 Å². The van der Waals surface area contributed by atoms with E-state index in [2.05, 4.69) is 15.0 Å². The lowest BCUT2D eigenvalue weighted by Gasteiger charge is -2.12. The second-order valence-corrected chi connectivity index (χ2v) is 9.69. The minimum atomic E-state index is -4.67. The first-order chi connectivity index (χ1) is 14.8. The number of halogens is 5. The lowest BCUT2D eigenvalue weighted by molar-refractivity contribution is -0.141. The van der Waals surface area contributed by atoms with E-state index in [1.807, 2.05) is 0 Å². The first-order valence-electron chi connectivity index (χ1n) is 9.47. The minimum absolute atomic E-state index is 0.00780. The van der Waals surface area contributed by atoms with Crippen molar-refractivity contribution in [1.82, 2.24) is 19.5 Å². The Hall–Kier alpha value is -2.83. The zero-order valence-corrected chi connectivity index (χ0v) is 17.6. The van der Waals surface area contributed by atoms with Gasteiger partial charge in [-0.25, -0.2) is 32.2 Å². The van der Waals surface area contributed by atoms with E-state index in [1.165, 1.54) is 30.8 Å². The van der Waals surface area contributed by atoms with Crippen LogP contribution >= 0.6 is 0 Å². The van der Waals surface area contributed by atoms with Crippen molar-refractivity contribution < 1.29 is 35.1 Å². The maximum atomic E-state index is 13.1. The molecule has 0 aromatic carbocycles. The zero-order valence-electron chi connectivity index (χ0n) is 16.8. The molecule has 13 heteroatoms. The first-order valence-corrected chi connectivity index (χ1v) is 11.1. The van der Waals surface area contributed by atoms with Crippen LogP contribution in [0, 0.1) is 5.92 Å². The molecule has 1 fully saturated rings. The van der Waals surface area contributed by atoms with Crippen LogP contribution in [0.2, 0.25) is 0 Å². The van der Waals surface area contributed by atoms with Crippen molar-refractivity contribution >= 4 is 20.9 Å². The number of aromatic nitrogens is 4. The summed E-state index contributed by atoms with van der Waals surface area (Å²) in [6, 6.07) is 1.93. The summed E-state index contributed by atoms with van der Waals surface area (Å²) in [5.41, 5.74) is -1.03. The van der Waals surface area contributed by atoms with Gasteiger partial charge in [0.25, 0.3) is 5.92 Å². The molecule has 0 spiro atoms. The van der Waals surface area contributed by atoms with Crippen molar-refractivity contribution in [2.45, 2.75) is 30.3 Å². The third-order valence-corrected chi connectivity index (χ3v) is 6.96. The maximum Gasteiger partial charge on any atom is 0.433 e. The Balaban J connectivity index is 1.78. The van der Waals surface area contributed by atoms with Gasteiger partial charge in [-0.2, -0.15) is 13.2 Å². The van der Waals surface area contributed by atoms with E-state index in [9.17, 15) is 30.4 Å². The van der Waals surface area contributed by atoms with Crippen molar-refractivity contribution in [2.24, 2.45) is 13.0 Å². The Morgan fingerprint density at radius 3 is 2.50 bits per heavy atom. The maximum absolute atomic E-state index is 13.1. The molecule has 32 heavy (non-hydrogen) atoms. The number of rotatable bonds is 6. The SMILES string of the molecule is CCS(=O)(=O)c1cc(OCC2CC2(F)F)cnc1-c1nc2cc(C(F)(F)F)ncc2n1C. The Labute approximate surface area is 179 Å². The summed E-state index contributed by atoms with van der Waals surface area (Å²) in [5, 5.41) is 0. The minimum Gasteiger partial charge on any atom is -0.491 e. The third kappa shape index (κ3) is 4.00. The highest BCUT2D eigenvalue weighted by atomic mass is 32.2. The van der Waals surface area contributed by atoms with E-state index in [-0.39, 0.29) is 52.0 Å². The molecule has 1 aliphatic carbocycles. The van der Waals surface area contributed by atoms with Crippen LogP contribution in [-0.4, -0.2) is 46.2 Å². The van der Waals surface area contributed by atoms with Gasteiger partial charge in [0.2, 0.25) is 0 Å². The highest BCUT2D eigenvalue weighted by Crippen LogP contribution is 2.48. The number of ether oxygens (including phenoxy) is 1. The molecular formula is C19H17F5N4O3S. The Bertz CT molecular complexity index is 1300. The molecule has 1 unspecified atom stereocenters. The van der Waals surface area contributed by atoms with Gasteiger partial charge in [-0.05, 0) is 6.07 Å². The van der Waals surface area contributed by atoms with E-state index in [1.54, 1.807) is 0 Å². The first kappa shape index (κ1) is 22.4. The topological polar surface area (TPSA) is 87.0 Å². The molecule has 1 atom stereocenters. The van der Waals surface area contributed by atoms with Gasteiger partial charge in [0.05, 0.1) is 41.7 Å². The number of aryl methyl sites for hydroxylation is 1. The van der Waals surface area contributed by atoms with Crippen molar-refractivity contribution in [1.29, 1.82) is 0 Å². The molecule has 172 valence electrons. The summed E-state index contributed by atoms with van der Waals surface area (Å²) < 4.78 is 97.2. The summed E-state index contributed by atoms with van der Waals surface area (Å²) in [7, 11) is -2.38. The molecule has 0 bridgehead atoms.